The summed E-state index contributed by atoms with van der Waals surface area (Å²) in [5.74, 6) is -0.159. The van der Waals surface area contributed by atoms with E-state index in [0.717, 1.165) is 0 Å². The zero-order valence-electron chi connectivity index (χ0n) is 10.3. The van der Waals surface area contributed by atoms with Gasteiger partial charge in [0.1, 0.15) is 24.1 Å². The minimum absolute atomic E-state index is 0.115. The number of carbonyl (C=O) groups excluding carboxylic acids is 1. The van der Waals surface area contributed by atoms with Crippen LogP contribution in [0.3, 0.4) is 0 Å². The normalized spacial score (nSPS) is 36.4. The maximum atomic E-state index is 11.7. The fourth-order valence-corrected chi connectivity index (χ4v) is 2.37. The minimum Gasteiger partial charge on any atom is -0.394 e. The van der Waals surface area contributed by atoms with Gasteiger partial charge in [-0.25, -0.2) is 4.98 Å². The number of nitrogens with zero attached hydrogens (tertiary/aromatic N) is 2. The highest BCUT2D eigenvalue weighted by Crippen LogP contribution is 2.33. The van der Waals surface area contributed by atoms with E-state index in [1.165, 1.54) is 10.9 Å². The minimum atomic E-state index is -1.26. The Hall–Kier alpha value is -1.72. The Morgan fingerprint density at radius 3 is 2.80 bits per heavy atom. The number of fused-ring (bicyclic) bond motifs is 1. The van der Waals surface area contributed by atoms with Gasteiger partial charge in [-0.05, 0) is 0 Å². The van der Waals surface area contributed by atoms with Gasteiger partial charge in [0.25, 0.3) is 5.91 Å². The van der Waals surface area contributed by atoms with E-state index in [1.807, 2.05) is 0 Å². The third kappa shape index (κ3) is 1.85. The van der Waals surface area contributed by atoms with Gasteiger partial charge in [-0.2, -0.15) is 0 Å². The summed E-state index contributed by atoms with van der Waals surface area (Å²) in [6.45, 7) is -0.432. The maximum absolute atomic E-state index is 11.7. The second-order valence-electron chi connectivity index (χ2n) is 4.67. The summed E-state index contributed by atoms with van der Waals surface area (Å²) in [5, 5.41) is 34.0. The van der Waals surface area contributed by atoms with Crippen molar-refractivity contribution in [1.82, 2.24) is 14.9 Å². The number of nitrogens with one attached hydrogen (secondary N) is 2. The number of aliphatic hydroxyl groups excluding tert-OH is 3. The number of ether oxygens (including phenoxy) is 1. The molecule has 1 aromatic rings. The zero-order chi connectivity index (χ0) is 14.4. The molecular weight excluding hydrogens is 270 g/mol. The van der Waals surface area contributed by atoms with Gasteiger partial charge in [0.05, 0.1) is 12.9 Å². The van der Waals surface area contributed by atoms with Gasteiger partial charge >= 0.3 is 0 Å². The van der Waals surface area contributed by atoms with E-state index in [1.54, 1.807) is 0 Å². The number of aromatic nitrogens is 2. The molecule has 20 heavy (non-hydrogen) atoms. The maximum Gasteiger partial charge on any atom is 0.276 e. The lowest BCUT2D eigenvalue weighted by atomic mass is 10.1. The van der Waals surface area contributed by atoms with Crippen LogP contribution in [0.1, 0.15) is 16.7 Å². The smallest absolute Gasteiger partial charge is 0.276 e. The van der Waals surface area contributed by atoms with Crippen LogP contribution < -0.4 is 16.4 Å². The van der Waals surface area contributed by atoms with Gasteiger partial charge in [0.2, 0.25) is 0 Å². The van der Waals surface area contributed by atoms with Crippen molar-refractivity contribution in [2.45, 2.75) is 30.8 Å². The SMILES string of the molecule is NC1NC(=O)c2ncn([C@@H]3O[C@H](CO)[C@@H](O)[C@H]3O)c2N1. The molecule has 10 nitrogen and oxygen atoms in total. The predicted octanol–water partition coefficient (Wildman–Crippen LogP) is -3.11. The van der Waals surface area contributed by atoms with Gasteiger partial charge in [0.15, 0.2) is 18.2 Å². The predicted molar refractivity (Wildman–Crippen MR) is 64.3 cm³/mol. The molecule has 1 unspecified atom stereocenters. The van der Waals surface area contributed by atoms with E-state index in [4.69, 9.17) is 15.6 Å². The monoisotopic (exact) mass is 285 g/mol. The number of amides is 1. The molecule has 3 heterocycles. The van der Waals surface area contributed by atoms with Gasteiger partial charge in [-0.3, -0.25) is 15.1 Å². The first-order valence-corrected chi connectivity index (χ1v) is 6.05. The number of anilines is 1. The first kappa shape index (κ1) is 13.3. The second kappa shape index (κ2) is 4.68. The summed E-state index contributed by atoms with van der Waals surface area (Å²) in [6, 6.07) is 0. The number of hydrogen-bond acceptors (Lipinski definition) is 8. The van der Waals surface area contributed by atoms with Gasteiger partial charge in [0, 0.05) is 0 Å². The Kier molecular flexibility index (Phi) is 3.11. The highest BCUT2D eigenvalue weighted by atomic mass is 16.6. The Bertz CT molecular complexity index is 534. The largest absolute Gasteiger partial charge is 0.394 e. The van der Waals surface area contributed by atoms with E-state index in [0.29, 0.717) is 0 Å². The van der Waals surface area contributed by atoms with Crippen molar-refractivity contribution >= 4 is 11.7 Å². The van der Waals surface area contributed by atoms with Crippen LogP contribution >= 0.6 is 0 Å². The number of hydrogen-bond donors (Lipinski definition) is 6. The number of aliphatic hydroxyl groups is 3. The van der Waals surface area contributed by atoms with Crippen LogP contribution in [0.2, 0.25) is 0 Å². The Morgan fingerprint density at radius 1 is 1.40 bits per heavy atom. The molecule has 1 aromatic heterocycles. The van der Waals surface area contributed by atoms with Crippen LogP contribution in [0.5, 0.6) is 0 Å². The highest BCUT2D eigenvalue weighted by molar-refractivity contribution is 5.99. The Balaban J connectivity index is 1.94. The van der Waals surface area contributed by atoms with Crippen molar-refractivity contribution in [2.24, 2.45) is 5.73 Å². The molecule has 1 fully saturated rings. The number of rotatable bonds is 2. The molecule has 0 radical (unpaired) electrons. The summed E-state index contributed by atoms with van der Waals surface area (Å²) in [7, 11) is 0. The van der Waals surface area contributed by atoms with Crippen LogP contribution in [0.15, 0.2) is 6.33 Å². The van der Waals surface area contributed by atoms with Crippen LogP contribution in [0.25, 0.3) is 0 Å². The summed E-state index contributed by atoms with van der Waals surface area (Å²) in [4.78, 5) is 15.6. The number of imidazole rings is 1. The van der Waals surface area contributed by atoms with E-state index < -0.39 is 43.3 Å². The molecule has 5 atom stereocenters. The molecule has 0 spiro atoms. The molecule has 3 rings (SSSR count). The lowest BCUT2D eigenvalue weighted by Gasteiger charge is -2.25. The van der Waals surface area contributed by atoms with E-state index >= 15 is 0 Å². The van der Waals surface area contributed by atoms with Crippen molar-refractivity contribution in [3.63, 3.8) is 0 Å². The van der Waals surface area contributed by atoms with Crippen LogP contribution in [0, 0.1) is 0 Å². The third-order valence-electron chi connectivity index (χ3n) is 3.38. The topological polar surface area (TPSA) is 155 Å². The molecule has 2 aliphatic rings. The number of carbonyl (C=O) groups is 1. The van der Waals surface area contributed by atoms with Crippen molar-refractivity contribution in [3.8, 4) is 0 Å². The first-order valence-electron chi connectivity index (χ1n) is 6.05. The summed E-state index contributed by atoms with van der Waals surface area (Å²) in [5.41, 5.74) is 5.72. The molecule has 0 bridgehead atoms. The molecule has 110 valence electrons. The first-order chi connectivity index (χ1) is 9.52. The summed E-state index contributed by atoms with van der Waals surface area (Å²) >= 11 is 0. The van der Waals surface area contributed by atoms with E-state index in [9.17, 15) is 15.0 Å². The zero-order valence-corrected chi connectivity index (χ0v) is 10.3. The molecular formula is C10H15N5O5. The highest BCUT2D eigenvalue weighted by Gasteiger charge is 2.45. The van der Waals surface area contributed by atoms with Crippen molar-refractivity contribution in [2.75, 3.05) is 11.9 Å². The number of nitrogens with two attached hydrogens (primary N) is 1. The fraction of sp³-hybridized carbons (Fsp3) is 0.600. The lowest BCUT2D eigenvalue weighted by molar-refractivity contribution is -0.0519. The van der Waals surface area contributed by atoms with E-state index in [2.05, 4.69) is 15.6 Å². The molecule has 1 amide bonds. The molecule has 0 aromatic carbocycles. The lowest BCUT2D eigenvalue weighted by Crippen LogP contribution is -2.51. The second-order valence-corrected chi connectivity index (χ2v) is 4.67. The molecule has 10 heteroatoms. The van der Waals surface area contributed by atoms with Crippen molar-refractivity contribution in [3.05, 3.63) is 12.0 Å². The quantitative estimate of drug-likeness (QED) is 0.333. The summed E-state index contributed by atoms with van der Waals surface area (Å²) < 4.78 is 6.75. The molecule has 7 N–H and O–H groups in total. The average molecular weight is 285 g/mol. The van der Waals surface area contributed by atoms with Crippen molar-refractivity contribution < 1.29 is 24.9 Å². The summed E-state index contributed by atoms with van der Waals surface area (Å²) in [6.07, 6.45) is -3.84. The Morgan fingerprint density at radius 2 is 2.15 bits per heavy atom. The van der Waals surface area contributed by atoms with Crippen LogP contribution in [0.4, 0.5) is 5.82 Å². The fourth-order valence-electron chi connectivity index (χ4n) is 2.37. The molecule has 2 aliphatic heterocycles. The standard InChI is InChI=1S/C10H15N5O5/c11-10-13-7-4(8(19)14-10)12-2-15(7)9-6(18)5(17)3(1-16)20-9/h2-3,5-6,9-10,13,16-18H,1,11H2,(H,14,19)/t3-,5-,6-,9-,10?/m1/s1. The van der Waals surface area contributed by atoms with Crippen LogP contribution in [-0.2, 0) is 4.74 Å². The van der Waals surface area contributed by atoms with E-state index in [-0.39, 0.29) is 11.5 Å². The van der Waals surface area contributed by atoms with Gasteiger partial charge in [-0.1, -0.05) is 0 Å². The molecule has 0 aliphatic carbocycles. The van der Waals surface area contributed by atoms with Gasteiger partial charge < -0.3 is 30.7 Å². The van der Waals surface area contributed by atoms with Crippen LogP contribution in [-0.4, -0.2) is 62.0 Å². The Labute approximate surface area is 113 Å². The third-order valence-corrected chi connectivity index (χ3v) is 3.38. The molecule has 0 saturated carbocycles. The van der Waals surface area contributed by atoms with Gasteiger partial charge in [-0.15, -0.1) is 0 Å². The van der Waals surface area contributed by atoms with Crippen molar-refractivity contribution in [1.29, 1.82) is 0 Å². The average Bonchev–Trinajstić information content (AvgIpc) is 2.93. The molecule has 1 saturated heterocycles.